The molecule has 1 aromatic rings. The summed E-state index contributed by atoms with van der Waals surface area (Å²) in [5.74, 6) is -1.28. The summed E-state index contributed by atoms with van der Waals surface area (Å²) in [6.45, 7) is 0. The first-order chi connectivity index (χ1) is 6.42. The zero-order chi connectivity index (χ0) is 10.8. The highest BCUT2D eigenvalue weighted by Crippen LogP contribution is 2.05. The van der Waals surface area contributed by atoms with Gasteiger partial charge < -0.3 is 5.73 Å². The van der Waals surface area contributed by atoms with E-state index in [1.807, 2.05) is 0 Å². The largest absolute Gasteiger partial charge is 0.370 e. The predicted molar refractivity (Wildman–Crippen MR) is 43.9 cm³/mol. The van der Waals surface area contributed by atoms with E-state index in [4.69, 9.17) is 8.48 Å². The summed E-state index contributed by atoms with van der Waals surface area (Å²) in [6.07, 6.45) is -2.36. The maximum Gasteiger partial charge on any atom is 0.217 e. The molecule has 0 unspecified atom stereocenters. The van der Waals surface area contributed by atoms with Crippen molar-refractivity contribution in [3.63, 3.8) is 0 Å². The molecule has 2 N–H and O–H groups in total. The molecule has 0 saturated heterocycles. The molecule has 0 heterocycles. The number of halogens is 1. The van der Waals surface area contributed by atoms with E-state index in [1.54, 1.807) is 0 Å². The summed E-state index contributed by atoms with van der Waals surface area (Å²) < 4.78 is 27.7. The minimum Gasteiger partial charge on any atom is -0.370 e. The van der Waals surface area contributed by atoms with Gasteiger partial charge in [-0.05, 0) is 24.1 Å². The van der Waals surface area contributed by atoms with E-state index in [0.29, 0.717) is 0 Å². The Morgan fingerprint density at radius 3 is 3.00 bits per heavy atom. The fourth-order valence-electron chi connectivity index (χ4n) is 0.788. The number of carbonyl (C=O) groups excluding carboxylic acids is 1. The lowest BCUT2D eigenvalue weighted by Gasteiger charge is -1.97. The first-order valence-corrected chi connectivity index (χ1v) is 3.46. The van der Waals surface area contributed by atoms with Crippen LogP contribution in [0.1, 0.15) is 14.7 Å². The maximum absolute atomic E-state index is 12.8. The van der Waals surface area contributed by atoms with Gasteiger partial charge in [-0.25, -0.2) is 4.39 Å². The van der Waals surface area contributed by atoms with Crippen molar-refractivity contribution in [3.8, 4) is 0 Å². The lowest BCUT2D eigenvalue weighted by atomic mass is 10.1. The van der Waals surface area contributed by atoms with Gasteiger partial charge in [-0.1, -0.05) is 12.1 Å². The second-order valence-corrected chi connectivity index (χ2v) is 2.33. The first-order valence-electron chi connectivity index (χ1n) is 4.46. The number of benzene rings is 1. The molecule has 0 fully saturated rings. The molecule has 0 aromatic heterocycles. The fraction of sp³-hybridized carbons (Fsp3) is 0.222. The Balaban J connectivity index is 2.97. The molecule has 1 amide bonds. The van der Waals surface area contributed by atoms with Gasteiger partial charge in [0.05, 0.1) is 0 Å². The third-order valence-electron chi connectivity index (χ3n) is 1.29. The number of nitrogens with two attached hydrogens (primary N) is 1. The molecule has 0 aliphatic carbocycles. The average molecular weight is 169 g/mol. The highest BCUT2D eigenvalue weighted by molar-refractivity contribution is 5.73. The second kappa shape index (κ2) is 3.85. The Bertz CT molecular complexity index is 354. The van der Waals surface area contributed by atoms with Gasteiger partial charge in [0, 0.05) is 9.16 Å². The van der Waals surface area contributed by atoms with Crippen LogP contribution in [0.2, 0.25) is 0 Å². The topological polar surface area (TPSA) is 43.1 Å². The van der Waals surface area contributed by atoms with E-state index >= 15 is 0 Å². The van der Waals surface area contributed by atoms with Crippen molar-refractivity contribution < 1.29 is 11.9 Å². The van der Waals surface area contributed by atoms with Crippen LogP contribution in [0.5, 0.6) is 0 Å². The molecule has 1 rings (SSSR count). The van der Waals surface area contributed by atoms with Crippen molar-refractivity contribution >= 4 is 5.91 Å². The van der Waals surface area contributed by atoms with Gasteiger partial charge in [-0.15, -0.1) is 0 Å². The number of primary amides is 1. The molecular weight excluding hydrogens is 157 g/mol. The fourth-order valence-corrected chi connectivity index (χ4v) is 0.788. The van der Waals surface area contributed by atoms with Crippen molar-refractivity contribution in [1.82, 2.24) is 0 Å². The van der Waals surface area contributed by atoms with Gasteiger partial charge in [0.2, 0.25) is 5.91 Å². The van der Waals surface area contributed by atoms with E-state index in [1.165, 1.54) is 18.2 Å². The van der Waals surface area contributed by atoms with Crippen LogP contribution in [0.4, 0.5) is 4.39 Å². The Morgan fingerprint density at radius 2 is 2.42 bits per heavy atom. The number of hydrogen-bond donors (Lipinski definition) is 1. The lowest BCUT2D eigenvalue weighted by molar-refractivity contribution is -0.117. The van der Waals surface area contributed by atoms with E-state index in [-0.39, 0.29) is 5.56 Å². The molecule has 12 heavy (non-hydrogen) atoms. The lowest BCUT2D eigenvalue weighted by Crippen LogP contribution is -2.11. The Morgan fingerprint density at radius 1 is 1.67 bits per heavy atom. The number of carbonyl (C=O) groups is 1. The normalized spacial score (nSPS) is 13.4. The summed E-state index contributed by atoms with van der Waals surface area (Å²) >= 11 is 0. The molecule has 0 bridgehead atoms. The highest BCUT2D eigenvalue weighted by atomic mass is 19.1. The number of rotatable bonds is 3. The van der Waals surface area contributed by atoms with Crippen LogP contribution >= 0.6 is 0 Å². The molecule has 3 heteroatoms. The van der Waals surface area contributed by atoms with Crippen molar-refractivity contribution in [2.45, 2.75) is 12.8 Å². The van der Waals surface area contributed by atoms with Crippen LogP contribution in [0, 0.1) is 5.82 Å². The van der Waals surface area contributed by atoms with Crippen molar-refractivity contribution in [2.24, 2.45) is 5.73 Å². The molecule has 0 spiro atoms. The molecule has 0 radical (unpaired) electrons. The average Bonchev–Trinajstić information content (AvgIpc) is 2.01. The van der Waals surface area contributed by atoms with E-state index in [9.17, 15) is 9.18 Å². The molecule has 1 aromatic carbocycles. The summed E-state index contributed by atoms with van der Waals surface area (Å²) in [7, 11) is 0. The van der Waals surface area contributed by atoms with Gasteiger partial charge in [0.15, 0.2) is 0 Å². The smallest absolute Gasteiger partial charge is 0.217 e. The standard InChI is InChI=1S/C9H10FNO/c10-8-3-1-2-7(6-8)4-5-9(11)12/h1-3,6H,4-5H2,(H2,11,12)/i4D2. The third kappa shape index (κ3) is 2.70. The van der Waals surface area contributed by atoms with Gasteiger partial charge >= 0.3 is 0 Å². The summed E-state index contributed by atoms with van der Waals surface area (Å²) in [4.78, 5) is 10.6. The van der Waals surface area contributed by atoms with Crippen LogP contribution in [0.25, 0.3) is 0 Å². The van der Waals surface area contributed by atoms with Crippen LogP contribution in [0.3, 0.4) is 0 Å². The minimum absolute atomic E-state index is 0.122. The van der Waals surface area contributed by atoms with Crippen LogP contribution in [-0.4, -0.2) is 5.91 Å². The zero-order valence-corrected chi connectivity index (χ0v) is 6.38. The molecule has 64 valence electrons. The van der Waals surface area contributed by atoms with Crippen molar-refractivity contribution in [3.05, 3.63) is 35.6 Å². The predicted octanol–water partition coefficient (Wildman–Crippen LogP) is 1.24. The Hall–Kier alpha value is -1.38. The molecule has 2 nitrogen and oxygen atoms in total. The van der Waals surface area contributed by atoms with Crippen LogP contribution < -0.4 is 5.73 Å². The van der Waals surface area contributed by atoms with Crippen LogP contribution in [0.15, 0.2) is 24.3 Å². The molecule has 0 atom stereocenters. The van der Waals surface area contributed by atoms with Crippen LogP contribution in [-0.2, 0) is 11.2 Å². The van der Waals surface area contributed by atoms with Gasteiger partial charge in [0.1, 0.15) is 5.82 Å². The number of hydrogen-bond acceptors (Lipinski definition) is 1. The zero-order valence-electron chi connectivity index (χ0n) is 8.38. The maximum atomic E-state index is 12.8. The van der Waals surface area contributed by atoms with Gasteiger partial charge in [0.25, 0.3) is 0 Å². The van der Waals surface area contributed by atoms with Gasteiger partial charge in [-0.2, -0.15) is 0 Å². The number of aryl methyl sites for hydroxylation is 1. The summed E-state index contributed by atoms with van der Waals surface area (Å²) in [5.41, 5.74) is 5.00. The minimum atomic E-state index is -1.91. The van der Waals surface area contributed by atoms with E-state index in [2.05, 4.69) is 0 Å². The van der Waals surface area contributed by atoms with E-state index in [0.717, 1.165) is 6.07 Å². The second-order valence-electron chi connectivity index (χ2n) is 2.33. The third-order valence-corrected chi connectivity index (χ3v) is 1.29. The molecule has 0 saturated carbocycles. The molecule has 0 aliphatic rings. The number of amides is 1. The highest BCUT2D eigenvalue weighted by Gasteiger charge is 1.97. The summed E-state index contributed by atoms with van der Waals surface area (Å²) in [6, 6.07) is 5.09. The van der Waals surface area contributed by atoms with E-state index < -0.39 is 24.5 Å². The Labute approximate surface area is 73.0 Å². The Kier molecular flexibility index (Phi) is 1.98. The van der Waals surface area contributed by atoms with Gasteiger partial charge in [-0.3, -0.25) is 4.79 Å². The monoisotopic (exact) mass is 169 g/mol. The summed E-state index contributed by atoms with van der Waals surface area (Å²) in [5, 5.41) is 0. The molecular formula is C9H10FNO. The van der Waals surface area contributed by atoms with Crippen molar-refractivity contribution in [1.29, 1.82) is 0 Å². The quantitative estimate of drug-likeness (QED) is 0.726. The first kappa shape index (κ1) is 6.17. The molecule has 0 aliphatic heterocycles. The SMILES string of the molecule is [2H]C([2H])(CC(N)=O)c1cccc(F)c1. The van der Waals surface area contributed by atoms with Crippen molar-refractivity contribution in [2.75, 3.05) is 0 Å².